The number of benzene rings is 1. The molecule has 1 aliphatic heterocycles. The van der Waals surface area contributed by atoms with E-state index in [1.807, 2.05) is 0 Å². The van der Waals surface area contributed by atoms with Gasteiger partial charge in [0.25, 0.3) is 0 Å². The summed E-state index contributed by atoms with van der Waals surface area (Å²) in [5, 5.41) is 3.48. The number of aryl methyl sites for hydroxylation is 1. The average molecular weight is 261 g/mol. The second kappa shape index (κ2) is 6.53. The lowest BCUT2D eigenvalue weighted by atomic mass is 9.90. The minimum Gasteiger partial charge on any atom is -0.379 e. The van der Waals surface area contributed by atoms with E-state index in [1.165, 1.54) is 30.5 Å². The average Bonchev–Trinajstić information content (AvgIpc) is 2.47. The van der Waals surface area contributed by atoms with E-state index in [1.54, 1.807) is 7.11 Å². The lowest BCUT2D eigenvalue weighted by molar-refractivity contribution is 0.0158. The van der Waals surface area contributed by atoms with Crippen LogP contribution < -0.4 is 5.32 Å². The fourth-order valence-corrected chi connectivity index (χ4v) is 2.64. The molecule has 2 rings (SSSR count). The zero-order valence-electron chi connectivity index (χ0n) is 12.5. The molecule has 106 valence electrons. The van der Waals surface area contributed by atoms with Crippen LogP contribution >= 0.6 is 0 Å². The Hall–Kier alpha value is -0.860. The Labute approximate surface area is 117 Å². The minimum atomic E-state index is -0.0219. The standard InChI is InChI=1S/C17H27NO/c1-17(2,19-3)11-10-14-6-8-15(9-7-14)16-5-4-12-18-13-16/h6-9,16,18H,4-5,10-13H2,1-3H3. The van der Waals surface area contributed by atoms with E-state index in [2.05, 4.69) is 43.4 Å². The van der Waals surface area contributed by atoms with E-state index in [9.17, 15) is 0 Å². The Morgan fingerprint density at radius 3 is 2.58 bits per heavy atom. The molecular weight excluding hydrogens is 234 g/mol. The first-order chi connectivity index (χ1) is 9.11. The Bertz CT molecular complexity index is 377. The predicted octanol–water partition coefficient (Wildman–Crippen LogP) is 3.51. The van der Waals surface area contributed by atoms with Crippen molar-refractivity contribution in [2.24, 2.45) is 0 Å². The minimum absolute atomic E-state index is 0.0219. The Kier molecular flexibility index (Phi) is 5.00. The smallest absolute Gasteiger partial charge is 0.0625 e. The van der Waals surface area contributed by atoms with Crippen molar-refractivity contribution in [1.29, 1.82) is 0 Å². The molecule has 2 nitrogen and oxygen atoms in total. The van der Waals surface area contributed by atoms with Crippen LogP contribution in [0.3, 0.4) is 0 Å². The summed E-state index contributed by atoms with van der Waals surface area (Å²) in [6, 6.07) is 9.20. The lowest BCUT2D eigenvalue weighted by Gasteiger charge is -2.24. The molecule has 2 heteroatoms. The van der Waals surface area contributed by atoms with Gasteiger partial charge in [0, 0.05) is 13.7 Å². The summed E-state index contributed by atoms with van der Waals surface area (Å²) >= 11 is 0. The second-order valence-corrected chi connectivity index (χ2v) is 6.25. The van der Waals surface area contributed by atoms with Gasteiger partial charge in [0.1, 0.15) is 0 Å². The van der Waals surface area contributed by atoms with Crippen LogP contribution in [0.25, 0.3) is 0 Å². The molecule has 1 unspecified atom stereocenters. The van der Waals surface area contributed by atoms with Crippen molar-refractivity contribution in [1.82, 2.24) is 5.32 Å². The molecule has 0 bridgehead atoms. The lowest BCUT2D eigenvalue weighted by Crippen LogP contribution is -2.28. The van der Waals surface area contributed by atoms with Crippen LogP contribution in [0.4, 0.5) is 0 Å². The molecule has 0 amide bonds. The van der Waals surface area contributed by atoms with E-state index in [0.29, 0.717) is 5.92 Å². The maximum atomic E-state index is 5.47. The van der Waals surface area contributed by atoms with Crippen LogP contribution in [0.5, 0.6) is 0 Å². The van der Waals surface area contributed by atoms with Crippen LogP contribution in [0, 0.1) is 0 Å². The molecule has 0 radical (unpaired) electrons. The molecule has 0 aliphatic carbocycles. The van der Waals surface area contributed by atoms with Gasteiger partial charge in [-0.3, -0.25) is 0 Å². The number of piperidine rings is 1. The normalized spacial score (nSPS) is 20.5. The zero-order chi connectivity index (χ0) is 13.7. The molecule has 0 saturated carbocycles. The van der Waals surface area contributed by atoms with Gasteiger partial charge in [-0.1, -0.05) is 24.3 Å². The summed E-state index contributed by atoms with van der Waals surface area (Å²) in [7, 11) is 1.79. The molecule has 1 aromatic rings. The Morgan fingerprint density at radius 1 is 1.26 bits per heavy atom. The van der Waals surface area contributed by atoms with Crippen LogP contribution in [0.2, 0.25) is 0 Å². The van der Waals surface area contributed by atoms with Crippen LogP contribution in [-0.4, -0.2) is 25.8 Å². The fourth-order valence-electron chi connectivity index (χ4n) is 2.64. The molecule has 1 aliphatic rings. The largest absolute Gasteiger partial charge is 0.379 e. The van der Waals surface area contributed by atoms with Crippen molar-refractivity contribution in [2.75, 3.05) is 20.2 Å². The fraction of sp³-hybridized carbons (Fsp3) is 0.647. The molecular formula is C17H27NO. The zero-order valence-corrected chi connectivity index (χ0v) is 12.5. The molecule has 1 atom stereocenters. The number of rotatable bonds is 5. The highest BCUT2D eigenvalue weighted by atomic mass is 16.5. The maximum Gasteiger partial charge on any atom is 0.0625 e. The third kappa shape index (κ3) is 4.32. The van der Waals surface area contributed by atoms with E-state index in [0.717, 1.165) is 19.4 Å². The van der Waals surface area contributed by atoms with Gasteiger partial charge in [0.2, 0.25) is 0 Å². The highest BCUT2D eigenvalue weighted by Gasteiger charge is 2.17. The van der Waals surface area contributed by atoms with Crippen LogP contribution in [0.15, 0.2) is 24.3 Å². The third-order valence-electron chi connectivity index (χ3n) is 4.32. The maximum absolute atomic E-state index is 5.47. The van der Waals surface area contributed by atoms with Gasteiger partial charge in [-0.05, 0) is 63.1 Å². The number of nitrogens with one attached hydrogen (secondary N) is 1. The van der Waals surface area contributed by atoms with Crippen LogP contribution in [0.1, 0.15) is 50.2 Å². The van der Waals surface area contributed by atoms with E-state index < -0.39 is 0 Å². The Morgan fingerprint density at radius 2 is 2.00 bits per heavy atom. The molecule has 1 saturated heterocycles. The number of methoxy groups -OCH3 is 1. The van der Waals surface area contributed by atoms with Crippen molar-refractivity contribution in [3.05, 3.63) is 35.4 Å². The van der Waals surface area contributed by atoms with Crippen molar-refractivity contribution in [2.45, 2.75) is 51.0 Å². The van der Waals surface area contributed by atoms with Crippen molar-refractivity contribution < 1.29 is 4.74 Å². The highest BCUT2D eigenvalue weighted by Crippen LogP contribution is 2.24. The van der Waals surface area contributed by atoms with Gasteiger partial charge in [-0.2, -0.15) is 0 Å². The predicted molar refractivity (Wildman–Crippen MR) is 80.7 cm³/mol. The monoisotopic (exact) mass is 261 g/mol. The van der Waals surface area contributed by atoms with Gasteiger partial charge in [0.15, 0.2) is 0 Å². The first-order valence-corrected chi connectivity index (χ1v) is 7.45. The Balaban J connectivity index is 1.91. The SMILES string of the molecule is COC(C)(C)CCc1ccc(C2CCCNC2)cc1. The molecule has 1 heterocycles. The van der Waals surface area contributed by atoms with E-state index >= 15 is 0 Å². The number of hydrogen-bond donors (Lipinski definition) is 1. The highest BCUT2D eigenvalue weighted by molar-refractivity contribution is 5.26. The molecule has 0 spiro atoms. The number of hydrogen-bond acceptors (Lipinski definition) is 2. The van der Waals surface area contributed by atoms with Gasteiger partial charge >= 0.3 is 0 Å². The summed E-state index contributed by atoms with van der Waals surface area (Å²) < 4.78 is 5.47. The summed E-state index contributed by atoms with van der Waals surface area (Å²) in [4.78, 5) is 0. The third-order valence-corrected chi connectivity index (χ3v) is 4.32. The van der Waals surface area contributed by atoms with Crippen LogP contribution in [-0.2, 0) is 11.2 Å². The summed E-state index contributed by atoms with van der Waals surface area (Å²) in [6.07, 6.45) is 4.77. The van der Waals surface area contributed by atoms with Gasteiger partial charge in [-0.15, -0.1) is 0 Å². The van der Waals surface area contributed by atoms with Crippen molar-refractivity contribution in [3.8, 4) is 0 Å². The molecule has 1 aromatic carbocycles. The molecule has 0 aromatic heterocycles. The van der Waals surface area contributed by atoms with Gasteiger partial charge < -0.3 is 10.1 Å². The molecule has 1 fully saturated rings. The topological polar surface area (TPSA) is 21.3 Å². The van der Waals surface area contributed by atoms with Crippen molar-refractivity contribution in [3.63, 3.8) is 0 Å². The molecule has 1 N–H and O–H groups in total. The molecule has 19 heavy (non-hydrogen) atoms. The summed E-state index contributed by atoms with van der Waals surface area (Å²) in [5.74, 6) is 0.707. The van der Waals surface area contributed by atoms with Gasteiger partial charge in [0.05, 0.1) is 5.60 Å². The van der Waals surface area contributed by atoms with E-state index in [-0.39, 0.29) is 5.60 Å². The quantitative estimate of drug-likeness (QED) is 0.875. The van der Waals surface area contributed by atoms with Crippen molar-refractivity contribution >= 4 is 0 Å². The van der Waals surface area contributed by atoms with Gasteiger partial charge in [-0.25, -0.2) is 0 Å². The number of ether oxygens (including phenoxy) is 1. The first kappa shape index (κ1) is 14.5. The first-order valence-electron chi connectivity index (χ1n) is 7.45. The summed E-state index contributed by atoms with van der Waals surface area (Å²) in [6.45, 7) is 6.61. The summed E-state index contributed by atoms with van der Waals surface area (Å²) in [5.41, 5.74) is 2.88. The van der Waals surface area contributed by atoms with E-state index in [4.69, 9.17) is 4.74 Å². The second-order valence-electron chi connectivity index (χ2n) is 6.25.